The van der Waals surface area contributed by atoms with Gasteiger partial charge in [-0.1, -0.05) is 333 Å². The van der Waals surface area contributed by atoms with Crippen molar-refractivity contribution >= 4 is 11.9 Å². The zero-order valence-corrected chi connectivity index (χ0v) is 53.4. The van der Waals surface area contributed by atoms with Crippen molar-refractivity contribution in [2.45, 2.75) is 405 Å². The maximum Gasteiger partial charge on any atom is 0.305 e. The lowest BCUT2D eigenvalue weighted by atomic mass is 10.0. The van der Waals surface area contributed by atoms with Crippen LogP contribution in [0.15, 0.2) is 36.5 Å². The van der Waals surface area contributed by atoms with Gasteiger partial charge in [-0.15, -0.1) is 0 Å². The molecule has 0 saturated heterocycles. The number of carbonyl (C=O) groups excluding carboxylic acids is 2. The number of amides is 1. The number of esters is 1. The first-order valence-corrected chi connectivity index (χ1v) is 35.7. The number of ether oxygens (including phenoxy) is 1. The Kier molecular flexibility index (Phi) is 66.9. The van der Waals surface area contributed by atoms with Gasteiger partial charge in [-0.2, -0.15) is 0 Å². The number of nitrogens with one attached hydrogen (secondary N) is 1. The third-order valence-electron chi connectivity index (χ3n) is 16.7. The molecule has 0 heterocycles. The maximum atomic E-state index is 12.5. The molecule has 6 heteroatoms. The quantitative estimate of drug-likeness (QED) is 0.0320. The lowest BCUT2D eigenvalue weighted by molar-refractivity contribution is -0.143. The van der Waals surface area contributed by atoms with E-state index in [0.717, 1.165) is 51.4 Å². The van der Waals surface area contributed by atoms with Crippen molar-refractivity contribution in [3.63, 3.8) is 0 Å². The molecular formula is C73H139NO5. The van der Waals surface area contributed by atoms with Crippen LogP contribution in [0.5, 0.6) is 0 Å². The molecule has 1 amide bonds. The van der Waals surface area contributed by atoms with E-state index in [0.29, 0.717) is 25.9 Å². The van der Waals surface area contributed by atoms with Crippen molar-refractivity contribution in [3.05, 3.63) is 36.5 Å². The van der Waals surface area contributed by atoms with E-state index in [2.05, 4.69) is 55.6 Å². The fourth-order valence-electron chi connectivity index (χ4n) is 11.2. The van der Waals surface area contributed by atoms with Crippen molar-refractivity contribution in [1.29, 1.82) is 0 Å². The highest BCUT2D eigenvalue weighted by Crippen LogP contribution is 2.19. The molecule has 0 radical (unpaired) electrons. The Labute approximate surface area is 494 Å². The largest absolute Gasteiger partial charge is 0.466 e. The third kappa shape index (κ3) is 65.1. The highest BCUT2D eigenvalue weighted by molar-refractivity contribution is 5.76. The lowest BCUT2D eigenvalue weighted by Crippen LogP contribution is -2.45. The molecule has 0 aliphatic heterocycles. The van der Waals surface area contributed by atoms with E-state index in [1.165, 1.54) is 308 Å². The van der Waals surface area contributed by atoms with Gasteiger partial charge in [-0.25, -0.2) is 0 Å². The molecule has 0 aromatic carbocycles. The van der Waals surface area contributed by atoms with Gasteiger partial charge in [-0.3, -0.25) is 9.59 Å². The second-order valence-corrected chi connectivity index (χ2v) is 24.6. The molecule has 0 aromatic rings. The molecule has 0 rings (SSSR count). The first-order chi connectivity index (χ1) is 39.0. The standard InChI is InChI=1S/C73H139NO5/c1-3-5-7-9-11-13-15-17-18-39-43-47-51-55-59-63-67-73(78)79-68-64-60-56-52-48-44-40-37-35-33-31-29-27-25-23-21-19-20-22-24-26-28-30-32-34-36-38-42-46-50-54-58-62-66-72(77)74-70(69-75)71(76)65-61-57-53-49-45-41-16-14-12-10-8-6-4-2/h13,15,18,23,25,39,70-71,75-76H,3-12,14,16-17,19-22,24,26-38,40-69H2,1-2H3,(H,74,77)/b15-13-,25-23-,39-18-. The molecule has 0 fully saturated rings. The first kappa shape index (κ1) is 77.1. The summed E-state index contributed by atoms with van der Waals surface area (Å²) in [6, 6.07) is -0.538. The average Bonchev–Trinajstić information content (AvgIpc) is 3.45. The second kappa shape index (κ2) is 68.6. The Bertz CT molecular complexity index is 1280. The van der Waals surface area contributed by atoms with Gasteiger partial charge in [0, 0.05) is 12.8 Å². The van der Waals surface area contributed by atoms with Gasteiger partial charge in [0.2, 0.25) is 5.91 Å². The summed E-state index contributed by atoms with van der Waals surface area (Å²) >= 11 is 0. The van der Waals surface area contributed by atoms with E-state index in [1.807, 2.05) is 0 Å². The number of aliphatic hydroxyl groups is 2. The molecule has 6 nitrogen and oxygen atoms in total. The number of carbonyl (C=O) groups is 2. The minimum absolute atomic E-state index is 0.00551. The molecule has 79 heavy (non-hydrogen) atoms. The molecule has 0 saturated carbocycles. The maximum absolute atomic E-state index is 12.5. The fraction of sp³-hybridized carbons (Fsp3) is 0.890. The van der Waals surface area contributed by atoms with E-state index in [-0.39, 0.29) is 18.5 Å². The van der Waals surface area contributed by atoms with Crippen LogP contribution in [0, 0.1) is 0 Å². The van der Waals surface area contributed by atoms with Crippen LogP contribution in [0.1, 0.15) is 393 Å². The number of allylic oxidation sites excluding steroid dienone is 6. The van der Waals surface area contributed by atoms with Crippen LogP contribution >= 0.6 is 0 Å². The summed E-state index contributed by atoms with van der Waals surface area (Å²) in [5, 5.41) is 23.3. The highest BCUT2D eigenvalue weighted by Gasteiger charge is 2.20. The molecule has 0 aromatic heterocycles. The van der Waals surface area contributed by atoms with Crippen LogP contribution in [0.25, 0.3) is 0 Å². The summed E-state index contributed by atoms with van der Waals surface area (Å²) in [4.78, 5) is 24.6. The van der Waals surface area contributed by atoms with E-state index in [1.54, 1.807) is 0 Å². The summed E-state index contributed by atoms with van der Waals surface area (Å²) < 4.78 is 5.49. The van der Waals surface area contributed by atoms with Crippen LogP contribution in [0.4, 0.5) is 0 Å². The Morgan fingerprint density at radius 3 is 0.987 bits per heavy atom. The van der Waals surface area contributed by atoms with Gasteiger partial charge in [0.15, 0.2) is 0 Å². The Morgan fingerprint density at radius 2 is 0.633 bits per heavy atom. The summed E-state index contributed by atoms with van der Waals surface area (Å²) in [5.41, 5.74) is 0. The first-order valence-electron chi connectivity index (χ1n) is 35.7. The molecule has 0 aliphatic rings. The smallest absolute Gasteiger partial charge is 0.305 e. The molecule has 2 atom stereocenters. The predicted molar refractivity (Wildman–Crippen MR) is 347 cm³/mol. The van der Waals surface area contributed by atoms with Crippen LogP contribution in [-0.4, -0.2) is 47.4 Å². The number of hydrogen-bond acceptors (Lipinski definition) is 5. The van der Waals surface area contributed by atoms with E-state index < -0.39 is 12.1 Å². The van der Waals surface area contributed by atoms with Gasteiger partial charge < -0.3 is 20.3 Å². The van der Waals surface area contributed by atoms with E-state index >= 15 is 0 Å². The van der Waals surface area contributed by atoms with Crippen LogP contribution < -0.4 is 5.32 Å². The topological polar surface area (TPSA) is 95.9 Å². The predicted octanol–water partition coefficient (Wildman–Crippen LogP) is 23.1. The van der Waals surface area contributed by atoms with Crippen LogP contribution in [0.2, 0.25) is 0 Å². The minimum atomic E-state index is -0.661. The third-order valence-corrected chi connectivity index (χ3v) is 16.7. The molecule has 0 bridgehead atoms. The number of unbranched alkanes of at least 4 members (excludes halogenated alkanes) is 50. The highest BCUT2D eigenvalue weighted by atomic mass is 16.5. The summed E-state index contributed by atoms with van der Waals surface area (Å²) in [6.07, 6.45) is 87.8. The zero-order chi connectivity index (χ0) is 57.1. The van der Waals surface area contributed by atoms with E-state index in [9.17, 15) is 19.8 Å². The van der Waals surface area contributed by atoms with Gasteiger partial charge in [0.25, 0.3) is 0 Å². The molecule has 0 spiro atoms. The Morgan fingerprint density at radius 1 is 0.354 bits per heavy atom. The zero-order valence-electron chi connectivity index (χ0n) is 53.4. The molecular weight excluding hydrogens is 971 g/mol. The van der Waals surface area contributed by atoms with Crippen molar-refractivity contribution < 1.29 is 24.5 Å². The molecule has 0 aliphatic carbocycles. The normalized spacial score (nSPS) is 12.7. The van der Waals surface area contributed by atoms with Gasteiger partial charge in [0.05, 0.1) is 25.4 Å². The Balaban J connectivity index is 3.34. The lowest BCUT2D eigenvalue weighted by Gasteiger charge is -2.22. The van der Waals surface area contributed by atoms with Gasteiger partial charge >= 0.3 is 5.97 Å². The number of rotatable bonds is 67. The second-order valence-electron chi connectivity index (χ2n) is 24.6. The Hall–Kier alpha value is -1.92. The summed E-state index contributed by atoms with van der Waals surface area (Å²) in [7, 11) is 0. The van der Waals surface area contributed by atoms with E-state index in [4.69, 9.17) is 4.74 Å². The van der Waals surface area contributed by atoms with Crippen molar-refractivity contribution in [2.75, 3.05) is 13.2 Å². The summed E-state index contributed by atoms with van der Waals surface area (Å²) in [6.45, 7) is 4.95. The van der Waals surface area contributed by atoms with Crippen LogP contribution in [-0.2, 0) is 14.3 Å². The van der Waals surface area contributed by atoms with Crippen molar-refractivity contribution in [1.82, 2.24) is 5.32 Å². The van der Waals surface area contributed by atoms with Gasteiger partial charge in [-0.05, 0) is 83.5 Å². The van der Waals surface area contributed by atoms with Crippen LogP contribution in [0.3, 0.4) is 0 Å². The molecule has 3 N–H and O–H groups in total. The minimum Gasteiger partial charge on any atom is -0.466 e. The molecule has 2 unspecified atom stereocenters. The van der Waals surface area contributed by atoms with Crippen molar-refractivity contribution in [2.24, 2.45) is 0 Å². The monoisotopic (exact) mass is 1110 g/mol. The number of aliphatic hydroxyl groups excluding tert-OH is 2. The summed E-state index contributed by atoms with van der Waals surface area (Å²) in [5.74, 6) is -0.0247. The average molecular weight is 1110 g/mol. The van der Waals surface area contributed by atoms with Gasteiger partial charge in [0.1, 0.15) is 0 Å². The molecule has 466 valence electrons. The number of hydrogen-bond donors (Lipinski definition) is 3. The van der Waals surface area contributed by atoms with Crippen molar-refractivity contribution in [3.8, 4) is 0 Å². The fourth-order valence-corrected chi connectivity index (χ4v) is 11.2. The SMILES string of the molecule is CCCCCC/C=C\C/C=C\CCCCCCCC(=O)OCCCCCCCCCCCCCC/C=C\CCCCCCCCCCCCCCCCCCCC(=O)NC(CO)C(O)CCCCCCCCCCCCCCC.